The summed E-state index contributed by atoms with van der Waals surface area (Å²) in [5.74, 6) is 0. The van der Waals surface area contributed by atoms with Gasteiger partial charge in [-0.2, -0.15) is 5.26 Å². The Hall–Kier alpha value is -0.930. The largest absolute Gasteiger partial charge is 0.361 e. The smallest absolute Gasteiger partial charge is 0.156 e. The molecule has 1 aliphatic heterocycles. The van der Waals surface area contributed by atoms with Crippen LogP contribution < -0.4 is 5.73 Å². The molecule has 2 N–H and O–H groups in total. The van der Waals surface area contributed by atoms with Gasteiger partial charge < -0.3 is 10.5 Å². The van der Waals surface area contributed by atoms with Crippen molar-refractivity contribution in [3.63, 3.8) is 0 Å². The molecule has 1 aromatic rings. The summed E-state index contributed by atoms with van der Waals surface area (Å²) in [6.45, 7) is 2.53. The van der Waals surface area contributed by atoms with E-state index in [9.17, 15) is 0 Å². The van der Waals surface area contributed by atoms with Gasteiger partial charge in [-0.3, -0.25) is 4.90 Å². The zero-order chi connectivity index (χ0) is 13.0. The molecule has 0 aromatic heterocycles. The van der Waals surface area contributed by atoms with Crippen LogP contribution in [0.15, 0.2) is 28.7 Å². The molecule has 4 nitrogen and oxygen atoms in total. The average Bonchev–Trinajstić information content (AvgIpc) is 2.42. The second-order valence-electron chi connectivity index (χ2n) is 4.26. The molecule has 1 fully saturated rings. The van der Waals surface area contributed by atoms with Crippen molar-refractivity contribution in [1.29, 1.82) is 5.26 Å². The summed E-state index contributed by atoms with van der Waals surface area (Å²) in [5.41, 5.74) is 7.07. The van der Waals surface area contributed by atoms with E-state index in [2.05, 4.69) is 33.0 Å². The lowest BCUT2D eigenvalue weighted by molar-refractivity contribution is -0.0162. The Morgan fingerprint density at radius 1 is 1.56 bits per heavy atom. The first-order valence-corrected chi connectivity index (χ1v) is 6.75. The van der Waals surface area contributed by atoms with Gasteiger partial charge in [-0.25, -0.2) is 0 Å². The van der Waals surface area contributed by atoms with E-state index in [1.807, 2.05) is 18.2 Å². The van der Waals surface area contributed by atoms with E-state index in [4.69, 9.17) is 15.7 Å². The van der Waals surface area contributed by atoms with Crippen LogP contribution in [0.5, 0.6) is 0 Å². The summed E-state index contributed by atoms with van der Waals surface area (Å²) in [5, 5.41) is 8.95. The van der Waals surface area contributed by atoms with Crippen LogP contribution >= 0.6 is 15.9 Å². The lowest BCUT2D eigenvalue weighted by Crippen LogP contribution is -2.45. The van der Waals surface area contributed by atoms with Crippen LogP contribution in [0.1, 0.15) is 11.6 Å². The first kappa shape index (κ1) is 13.5. The third-order valence-corrected chi connectivity index (χ3v) is 3.89. The molecular formula is C13H16BrN3O. The fraction of sp³-hybridized carbons (Fsp3) is 0.462. The Bertz CT molecular complexity index is 446. The van der Waals surface area contributed by atoms with Crippen molar-refractivity contribution in [1.82, 2.24) is 4.90 Å². The topological polar surface area (TPSA) is 62.3 Å². The zero-order valence-electron chi connectivity index (χ0n) is 10.1. The molecule has 0 spiro atoms. The van der Waals surface area contributed by atoms with Gasteiger partial charge in [0.25, 0.3) is 0 Å². The van der Waals surface area contributed by atoms with E-state index >= 15 is 0 Å². The predicted octanol–water partition coefficient (Wildman–Crippen LogP) is 1.67. The van der Waals surface area contributed by atoms with E-state index in [1.165, 1.54) is 5.56 Å². The molecule has 1 aliphatic rings. The molecule has 96 valence electrons. The van der Waals surface area contributed by atoms with Crippen molar-refractivity contribution in [2.45, 2.75) is 12.1 Å². The van der Waals surface area contributed by atoms with Crippen LogP contribution in [0, 0.1) is 11.3 Å². The van der Waals surface area contributed by atoms with Crippen molar-refractivity contribution in [2.75, 3.05) is 26.2 Å². The molecule has 0 saturated carbocycles. The summed E-state index contributed by atoms with van der Waals surface area (Å²) in [6, 6.07) is 10.4. The molecule has 1 heterocycles. The van der Waals surface area contributed by atoms with E-state index < -0.39 is 0 Å². The lowest BCUT2D eigenvalue weighted by atomic mass is 10.0. The monoisotopic (exact) mass is 309 g/mol. The van der Waals surface area contributed by atoms with Crippen molar-refractivity contribution in [2.24, 2.45) is 5.73 Å². The van der Waals surface area contributed by atoms with Crippen molar-refractivity contribution in [3.05, 3.63) is 34.3 Å². The summed E-state index contributed by atoms with van der Waals surface area (Å²) >= 11 is 3.56. The fourth-order valence-corrected chi connectivity index (χ4v) is 2.80. The van der Waals surface area contributed by atoms with Gasteiger partial charge in [0.05, 0.1) is 12.7 Å². The Kier molecular flexibility index (Phi) is 4.72. The van der Waals surface area contributed by atoms with Crippen LogP contribution in [0.3, 0.4) is 0 Å². The van der Waals surface area contributed by atoms with E-state index in [-0.39, 0.29) is 12.1 Å². The second-order valence-corrected chi connectivity index (χ2v) is 5.11. The maximum Gasteiger partial charge on any atom is 0.156 e. The van der Waals surface area contributed by atoms with Crippen molar-refractivity contribution < 1.29 is 4.74 Å². The number of nitriles is 1. The number of morpholine rings is 1. The summed E-state index contributed by atoms with van der Waals surface area (Å²) in [7, 11) is 0. The number of nitrogens with two attached hydrogens (primary N) is 1. The molecule has 2 unspecified atom stereocenters. The summed E-state index contributed by atoms with van der Waals surface area (Å²) in [4.78, 5) is 2.22. The van der Waals surface area contributed by atoms with Crippen molar-refractivity contribution >= 4 is 15.9 Å². The Morgan fingerprint density at radius 3 is 3.00 bits per heavy atom. The number of hydrogen-bond donors (Lipinski definition) is 1. The third kappa shape index (κ3) is 2.90. The van der Waals surface area contributed by atoms with Gasteiger partial charge in [0.2, 0.25) is 0 Å². The van der Waals surface area contributed by atoms with E-state index in [1.54, 1.807) is 0 Å². The van der Waals surface area contributed by atoms with Crippen LogP contribution in [0.2, 0.25) is 0 Å². The zero-order valence-corrected chi connectivity index (χ0v) is 11.6. The summed E-state index contributed by atoms with van der Waals surface area (Å²) < 4.78 is 6.42. The molecule has 18 heavy (non-hydrogen) atoms. The maximum atomic E-state index is 8.95. The van der Waals surface area contributed by atoms with Gasteiger partial charge in [0.15, 0.2) is 6.10 Å². The van der Waals surface area contributed by atoms with Gasteiger partial charge >= 0.3 is 0 Å². The normalized spacial score (nSPS) is 22.4. The molecule has 5 heteroatoms. The highest BCUT2D eigenvalue weighted by Crippen LogP contribution is 2.28. The van der Waals surface area contributed by atoms with Crippen LogP contribution in [0.4, 0.5) is 0 Å². The molecule has 0 bridgehead atoms. The predicted molar refractivity (Wildman–Crippen MR) is 72.9 cm³/mol. The highest BCUT2D eigenvalue weighted by atomic mass is 79.9. The third-order valence-electron chi connectivity index (χ3n) is 3.17. The summed E-state index contributed by atoms with van der Waals surface area (Å²) in [6.07, 6.45) is -0.352. The van der Waals surface area contributed by atoms with Crippen molar-refractivity contribution in [3.8, 4) is 6.07 Å². The van der Waals surface area contributed by atoms with Gasteiger partial charge in [-0.1, -0.05) is 34.1 Å². The molecule has 0 amide bonds. The number of nitrogens with zero attached hydrogens (tertiary/aromatic N) is 2. The fourth-order valence-electron chi connectivity index (χ4n) is 2.25. The van der Waals surface area contributed by atoms with Crippen LogP contribution in [-0.4, -0.2) is 37.2 Å². The highest BCUT2D eigenvalue weighted by Gasteiger charge is 2.27. The number of hydrogen-bond acceptors (Lipinski definition) is 4. The first-order chi connectivity index (χ1) is 8.76. The average molecular weight is 310 g/mol. The standard InChI is InChI=1S/C13H16BrN3O/c14-12-4-2-1-3-11(12)13(8-16)17-5-6-18-10(7-15)9-17/h1-4,10,13H,5-6,8-9,16H2. The number of halogens is 1. The molecule has 1 saturated heterocycles. The van der Waals surface area contributed by atoms with Gasteiger partial charge in [-0.05, 0) is 11.6 Å². The number of ether oxygens (including phenoxy) is 1. The molecule has 2 rings (SSSR count). The Morgan fingerprint density at radius 2 is 2.33 bits per heavy atom. The molecule has 2 atom stereocenters. The lowest BCUT2D eigenvalue weighted by Gasteiger charge is -2.36. The SMILES string of the molecule is N#CC1CN(C(CN)c2ccccc2Br)CCO1. The molecule has 0 radical (unpaired) electrons. The Labute approximate surface area is 115 Å². The molecule has 0 aliphatic carbocycles. The van der Waals surface area contributed by atoms with Gasteiger partial charge in [0.1, 0.15) is 0 Å². The minimum absolute atomic E-state index is 0.125. The van der Waals surface area contributed by atoms with Gasteiger partial charge in [-0.15, -0.1) is 0 Å². The van der Waals surface area contributed by atoms with Crippen LogP contribution in [0.25, 0.3) is 0 Å². The Balaban J connectivity index is 2.19. The number of benzene rings is 1. The first-order valence-electron chi connectivity index (χ1n) is 5.96. The van der Waals surface area contributed by atoms with Gasteiger partial charge in [0, 0.05) is 30.1 Å². The van der Waals surface area contributed by atoms with E-state index in [0.717, 1.165) is 11.0 Å². The minimum atomic E-state index is -0.352. The highest BCUT2D eigenvalue weighted by molar-refractivity contribution is 9.10. The second kappa shape index (κ2) is 6.30. The number of rotatable bonds is 3. The van der Waals surface area contributed by atoms with Crippen LogP contribution in [-0.2, 0) is 4.74 Å². The molecule has 1 aromatic carbocycles. The maximum absolute atomic E-state index is 8.95. The van der Waals surface area contributed by atoms with E-state index in [0.29, 0.717) is 19.7 Å². The minimum Gasteiger partial charge on any atom is -0.361 e. The quantitative estimate of drug-likeness (QED) is 0.922. The molecular weight excluding hydrogens is 294 g/mol.